The van der Waals surface area contributed by atoms with Gasteiger partial charge in [-0.15, -0.1) is 0 Å². The van der Waals surface area contributed by atoms with Crippen LogP contribution in [0, 0.1) is 0 Å². The zero-order valence-electron chi connectivity index (χ0n) is 30.3. The standard InChI is InChI=1S/C38H55NO13/c1-39(38(43)52-30-35-33-10-4-2-8-31(33)32-9-3-5-11-34(32)35)14-15-44-16-17-45-18-19-46-20-21-47-22-23-48-24-25-49-26-27-50-28-29-51-37(42)13-7-6-12-36(40)41/h2-5,8-11,35H,6-7,12-30H2,1H3,(H,40,41). The first-order valence-electron chi connectivity index (χ1n) is 17.9. The van der Waals surface area contributed by atoms with Crippen LogP contribution in [0.5, 0.6) is 0 Å². The summed E-state index contributed by atoms with van der Waals surface area (Å²) >= 11 is 0. The van der Waals surface area contributed by atoms with Crippen LogP contribution in [0.2, 0.25) is 0 Å². The highest BCUT2D eigenvalue weighted by molar-refractivity contribution is 5.79. The van der Waals surface area contributed by atoms with Crippen molar-refractivity contribution in [3.63, 3.8) is 0 Å². The van der Waals surface area contributed by atoms with Gasteiger partial charge in [0.15, 0.2) is 0 Å². The SMILES string of the molecule is CN(CCOCCOCCOCCOCCOCCOCCOCCOC(=O)CCCCC(=O)O)C(=O)OCC1c2ccccc2-c2ccccc21. The molecule has 0 saturated heterocycles. The fraction of sp³-hybridized carbons (Fsp3) is 0.605. The normalized spacial score (nSPS) is 12.0. The van der Waals surface area contributed by atoms with Gasteiger partial charge in [-0.05, 0) is 35.1 Å². The second-order valence-electron chi connectivity index (χ2n) is 11.8. The number of carbonyl (C=O) groups excluding carboxylic acids is 2. The maximum atomic E-state index is 12.6. The van der Waals surface area contributed by atoms with Crippen LogP contribution in [0.4, 0.5) is 4.79 Å². The summed E-state index contributed by atoms with van der Waals surface area (Å²) in [6.07, 6.45) is 0.843. The third kappa shape index (κ3) is 17.7. The fourth-order valence-corrected chi connectivity index (χ4v) is 5.25. The molecular formula is C38H55NO13. The number of carboxylic acids is 1. The summed E-state index contributed by atoms with van der Waals surface area (Å²) in [6, 6.07) is 16.5. The van der Waals surface area contributed by atoms with Gasteiger partial charge >= 0.3 is 18.0 Å². The molecule has 3 rings (SSSR count). The topological polar surface area (TPSA) is 158 Å². The molecule has 0 fully saturated rings. The number of fused-ring (bicyclic) bond motifs is 3. The van der Waals surface area contributed by atoms with Crippen molar-refractivity contribution in [3.8, 4) is 11.1 Å². The van der Waals surface area contributed by atoms with Crippen molar-refractivity contribution >= 4 is 18.0 Å². The van der Waals surface area contributed by atoms with Gasteiger partial charge < -0.3 is 52.6 Å². The minimum Gasteiger partial charge on any atom is -0.481 e. The highest BCUT2D eigenvalue weighted by atomic mass is 16.6. The fourth-order valence-electron chi connectivity index (χ4n) is 5.25. The van der Waals surface area contributed by atoms with Crippen molar-refractivity contribution in [2.24, 2.45) is 0 Å². The Bertz CT molecular complexity index is 1250. The number of nitrogens with zero attached hydrogens (tertiary/aromatic N) is 1. The molecule has 0 aromatic heterocycles. The third-order valence-corrected chi connectivity index (χ3v) is 7.96. The molecule has 0 saturated carbocycles. The largest absolute Gasteiger partial charge is 0.481 e. The van der Waals surface area contributed by atoms with Crippen molar-refractivity contribution in [1.29, 1.82) is 0 Å². The predicted molar refractivity (Wildman–Crippen MR) is 190 cm³/mol. The number of aliphatic carboxylic acids is 1. The third-order valence-electron chi connectivity index (χ3n) is 7.96. The lowest BCUT2D eigenvalue weighted by molar-refractivity contribution is -0.146. The Hall–Kier alpha value is -3.63. The van der Waals surface area contributed by atoms with Gasteiger partial charge in [-0.25, -0.2) is 4.79 Å². The molecule has 0 heterocycles. The molecule has 0 aliphatic heterocycles. The molecule has 2 aromatic carbocycles. The lowest BCUT2D eigenvalue weighted by atomic mass is 9.98. The van der Waals surface area contributed by atoms with E-state index in [0.717, 1.165) is 0 Å². The molecule has 0 bridgehead atoms. The molecule has 2 aromatic rings. The average molecular weight is 734 g/mol. The number of hydrogen-bond acceptors (Lipinski definition) is 12. The molecule has 290 valence electrons. The predicted octanol–water partition coefficient (Wildman–Crippen LogP) is 4.17. The van der Waals surface area contributed by atoms with Gasteiger partial charge in [0.2, 0.25) is 0 Å². The first kappa shape index (κ1) is 42.8. The molecular weight excluding hydrogens is 678 g/mol. The molecule has 14 heteroatoms. The van der Waals surface area contributed by atoms with Crippen molar-refractivity contribution < 1.29 is 62.1 Å². The maximum Gasteiger partial charge on any atom is 0.409 e. The number of unbranched alkanes of at least 4 members (excludes halogenated alkanes) is 1. The van der Waals surface area contributed by atoms with Crippen LogP contribution < -0.4 is 0 Å². The van der Waals surface area contributed by atoms with E-state index in [-0.39, 0.29) is 50.6 Å². The van der Waals surface area contributed by atoms with Crippen molar-refractivity contribution in [1.82, 2.24) is 4.90 Å². The Labute approximate surface area is 306 Å². The van der Waals surface area contributed by atoms with Crippen molar-refractivity contribution in [2.45, 2.75) is 31.6 Å². The maximum absolute atomic E-state index is 12.6. The number of likely N-dealkylation sites (N-methyl/N-ethyl adjacent to an activating group) is 1. The highest BCUT2D eigenvalue weighted by Gasteiger charge is 2.29. The summed E-state index contributed by atoms with van der Waals surface area (Å²) < 4.78 is 49.0. The zero-order valence-corrected chi connectivity index (χ0v) is 30.3. The number of hydrogen-bond donors (Lipinski definition) is 1. The van der Waals surface area contributed by atoms with Gasteiger partial charge in [-0.1, -0.05) is 48.5 Å². The van der Waals surface area contributed by atoms with E-state index in [1.165, 1.54) is 27.2 Å². The van der Waals surface area contributed by atoms with E-state index < -0.39 is 5.97 Å². The number of amides is 1. The lowest BCUT2D eigenvalue weighted by Crippen LogP contribution is -2.32. The lowest BCUT2D eigenvalue weighted by Gasteiger charge is -2.19. The molecule has 1 aliphatic rings. The van der Waals surface area contributed by atoms with E-state index in [0.29, 0.717) is 105 Å². The molecule has 1 aliphatic carbocycles. The Morgan fingerprint density at radius 3 is 1.42 bits per heavy atom. The smallest absolute Gasteiger partial charge is 0.409 e. The summed E-state index contributed by atoms with van der Waals surface area (Å²) in [7, 11) is 1.70. The van der Waals surface area contributed by atoms with Gasteiger partial charge in [-0.2, -0.15) is 0 Å². The number of carboxylic acid groups (broad SMARTS) is 1. The number of benzene rings is 2. The monoisotopic (exact) mass is 733 g/mol. The minimum absolute atomic E-state index is 0.0306. The van der Waals surface area contributed by atoms with Crippen LogP contribution in [0.3, 0.4) is 0 Å². The van der Waals surface area contributed by atoms with Gasteiger partial charge in [0, 0.05) is 32.4 Å². The Kier molecular flexibility index (Phi) is 22.2. The molecule has 14 nitrogen and oxygen atoms in total. The van der Waals surface area contributed by atoms with Gasteiger partial charge in [0.1, 0.15) is 13.2 Å². The quantitative estimate of drug-likeness (QED) is 0.0871. The van der Waals surface area contributed by atoms with Crippen LogP contribution in [-0.2, 0) is 52.2 Å². The van der Waals surface area contributed by atoms with E-state index >= 15 is 0 Å². The van der Waals surface area contributed by atoms with Crippen molar-refractivity contribution in [3.05, 3.63) is 59.7 Å². The summed E-state index contributed by atoms with van der Waals surface area (Å²) in [5.41, 5.74) is 4.77. The average Bonchev–Trinajstić information content (AvgIpc) is 3.47. The highest BCUT2D eigenvalue weighted by Crippen LogP contribution is 2.44. The Morgan fingerprint density at radius 2 is 0.962 bits per heavy atom. The molecule has 52 heavy (non-hydrogen) atoms. The molecule has 0 spiro atoms. The van der Waals surface area contributed by atoms with Gasteiger partial charge in [0.05, 0.1) is 92.5 Å². The van der Waals surface area contributed by atoms with Crippen LogP contribution >= 0.6 is 0 Å². The summed E-state index contributed by atoms with van der Waals surface area (Å²) in [4.78, 5) is 36.0. The van der Waals surface area contributed by atoms with Crippen molar-refractivity contribution in [2.75, 3.05) is 119 Å². The molecule has 1 N–H and O–H groups in total. The van der Waals surface area contributed by atoms with Gasteiger partial charge in [-0.3, -0.25) is 9.59 Å². The van der Waals surface area contributed by atoms with E-state index in [2.05, 4.69) is 24.3 Å². The molecule has 0 unspecified atom stereocenters. The van der Waals surface area contributed by atoms with Crippen LogP contribution in [0.25, 0.3) is 11.1 Å². The summed E-state index contributed by atoms with van der Waals surface area (Å²) in [5.74, 6) is -1.19. The van der Waals surface area contributed by atoms with Crippen LogP contribution in [0.1, 0.15) is 42.7 Å². The summed E-state index contributed by atoms with van der Waals surface area (Å²) in [6.45, 7) is 6.74. The summed E-state index contributed by atoms with van der Waals surface area (Å²) in [5, 5.41) is 8.56. The number of ether oxygens (including phenoxy) is 9. The molecule has 0 atom stereocenters. The van der Waals surface area contributed by atoms with E-state index in [9.17, 15) is 14.4 Å². The van der Waals surface area contributed by atoms with Gasteiger partial charge in [0.25, 0.3) is 0 Å². The molecule has 0 radical (unpaired) electrons. The van der Waals surface area contributed by atoms with Crippen LogP contribution in [-0.4, -0.2) is 147 Å². The zero-order chi connectivity index (χ0) is 37.1. The number of esters is 1. The Morgan fingerprint density at radius 1 is 0.558 bits per heavy atom. The second-order valence-corrected chi connectivity index (χ2v) is 11.8. The van der Waals surface area contributed by atoms with E-state index in [1.807, 2.05) is 24.3 Å². The first-order valence-corrected chi connectivity index (χ1v) is 17.9. The first-order chi connectivity index (χ1) is 25.5. The van der Waals surface area contributed by atoms with E-state index in [4.69, 9.17) is 47.7 Å². The van der Waals surface area contributed by atoms with Crippen LogP contribution in [0.15, 0.2) is 48.5 Å². The molecule has 1 amide bonds. The Balaban J connectivity index is 1.00. The van der Waals surface area contributed by atoms with E-state index in [1.54, 1.807) is 7.05 Å². The number of rotatable bonds is 31. The minimum atomic E-state index is -0.866. The second kappa shape index (κ2) is 27.0. The number of carbonyl (C=O) groups is 3.